The van der Waals surface area contributed by atoms with Gasteiger partial charge in [-0.3, -0.25) is 4.79 Å². The Kier molecular flexibility index (Phi) is 4.75. The van der Waals surface area contributed by atoms with Crippen LogP contribution < -0.4 is 5.32 Å². The summed E-state index contributed by atoms with van der Waals surface area (Å²) in [4.78, 5) is 12.7. The number of aromatic nitrogens is 2. The van der Waals surface area contributed by atoms with E-state index in [0.29, 0.717) is 12.2 Å². The summed E-state index contributed by atoms with van der Waals surface area (Å²) in [6, 6.07) is 14.4. The minimum Gasteiger partial charge on any atom is -0.350 e. The molecule has 1 aliphatic carbocycles. The van der Waals surface area contributed by atoms with E-state index >= 15 is 0 Å². The van der Waals surface area contributed by atoms with Crippen LogP contribution in [-0.4, -0.2) is 22.2 Å². The third kappa shape index (κ3) is 3.50. The summed E-state index contributed by atoms with van der Waals surface area (Å²) >= 11 is 0. The predicted molar refractivity (Wildman–Crippen MR) is 103 cm³/mol. The second-order valence-corrected chi connectivity index (χ2v) is 6.95. The average Bonchev–Trinajstić information content (AvgIpc) is 3.27. The fourth-order valence-electron chi connectivity index (χ4n) is 3.70. The number of fused-ring (bicyclic) bond motifs is 1. The van der Waals surface area contributed by atoms with Crippen LogP contribution in [0.5, 0.6) is 0 Å². The number of hydrogen-bond acceptors (Lipinski definition) is 2. The first-order valence-electron chi connectivity index (χ1n) is 9.33. The first kappa shape index (κ1) is 17.5. The molecule has 0 bridgehead atoms. The largest absolute Gasteiger partial charge is 0.350 e. The molecule has 4 nitrogen and oxygen atoms in total. The Bertz CT molecular complexity index is 976. The summed E-state index contributed by atoms with van der Waals surface area (Å²) in [5, 5.41) is 7.56. The molecular weight excluding hydrogens is 341 g/mol. The number of carbonyl (C=O) groups is 1. The number of nitrogens with one attached hydrogen (secondary N) is 1. The summed E-state index contributed by atoms with van der Waals surface area (Å²) in [6.07, 6.45) is 3.55. The molecule has 0 saturated heterocycles. The molecule has 1 N–H and O–H groups in total. The Hall–Kier alpha value is -2.95. The number of aryl methyl sites for hydroxylation is 1. The lowest BCUT2D eigenvalue weighted by atomic mass is 10.1. The molecule has 27 heavy (non-hydrogen) atoms. The van der Waals surface area contributed by atoms with E-state index in [4.69, 9.17) is 0 Å². The van der Waals surface area contributed by atoms with E-state index in [2.05, 4.69) is 29.5 Å². The number of halogens is 1. The van der Waals surface area contributed by atoms with Gasteiger partial charge in [0.05, 0.1) is 5.69 Å². The van der Waals surface area contributed by atoms with E-state index in [1.807, 2.05) is 12.1 Å². The van der Waals surface area contributed by atoms with Crippen molar-refractivity contribution in [2.75, 3.05) is 6.54 Å². The molecular formula is C22H22FN3O. The molecule has 1 aromatic heterocycles. The van der Waals surface area contributed by atoms with Crippen LogP contribution in [0, 0.1) is 12.7 Å². The Morgan fingerprint density at radius 2 is 1.93 bits per heavy atom. The Labute approximate surface area is 158 Å². The zero-order chi connectivity index (χ0) is 18.8. The number of amides is 1. The van der Waals surface area contributed by atoms with E-state index in [-0.39, 0.29) is 11.7 Å². The molecule has 0 aliphatic heterocycles. The van der Waals surface area contributed by atoms with Gasteiger partial charge < -0.3 is 5.32 Å². The standard InChI is InChI=1S/C22H22FN3O/c1-15-5-2-3-6-16(15)13-14-24-22(27)21-19-7-4-8-20(19)26(25-21)18-11-9-17(23)10-12-18/h2-3,5-6,9-12H,4,7-8,13-14H2,1H3,(H,24,27). The van der Waals surface area contributed by atoms with Crippen LogP contribution in [0.15, 0.2) is 48.5 Å². The van der Waals surface area contributed by atoms with Crippen molar-refractivity contribution in [2.45, 2.75) is 32.6 Å². The monoisotopic (exact) mass is 363 g/mol. The highest BCUT2D eigenvalue weighted by Gasteiger charge is 2.26. The summed E-state index contributed by atoms with van der Waals surface area (Å²) < 4.78 is 15.0. The minimum absolute atomic E-state index is 0.136. The third-order valence-electron chi connectivity index (χ3n) is 5.16. The van der Waals surface area contributed by atoms with Gasteiger partial charge in [-0.1, -0.05) is 24.3 Å². The molecule has 2 aromatic carbocycles. The lowest BCUT2D eigenvalue weighted by Gasteiger charge is -2.07. The zero-order valence-corrected chi connectivity index (χ0v) is 15.3. The maximum Gasteiger partial charge on any atom is 0.272 e. The summed E-state index contributed by atoms with van der Waals surface area (Å²) in [6.45, 7) is 2.65. The molecule has 0 spiro atoms. The third-order valence-corrected chi connectivity index (χ3v) is 5.16. The van der Waals surface area contributed by atoms with Crippen molar-refractivity contribution in [3.05, 3.63) is 82.4 Å². The van der Waals surface area contributed by atoms with Gasteiger partial charge in [0.1, 0.15) is 5.82 Å². The fraction of sp³-hybridized carbons (Fsp3) is 0.273. The second-order valence-electron chi connectivity index (χ2n) is 6.95. The van der Waals surface area contributed by atoms with Crippen molar-refractivity contribution >= 4 is 5.91 Å². The van der Waals surface area contributed by atoms with Gasteiger partial charge in [-0.2, -0.15) is 5.10 Å². The topological polar surface area (TPSA) is 46.9 Å². The number of nitrogens with zero attached hydrogens (tertiary/aromatic N) is 2. The minimum atomic E-state index is -0.281. The van der Waals surface area contributed by atoms with Gasteiger partial charge in [-0.05, 0) is 68.0 Å². The van der Waals surface area contributed by atoms with E-state index in [9.17, 15) is 9.18 Å². The van der Waals surface area contributed by atoms with Crippen LogP contribution in [0.2, 0.25) is 0 Å². The number of carbonyl (C=O) groups excluding carboxylic acids is 1. The average molecular weight is 363 g/mol. The van der Waals surface area contributed by atoms with E-state index in [1.54, 1.807) is 16.8 Å². The SMILES string of the molecule is Cc1ccccc1CCNC(=O)c1nn(-c2ccc(F)cc2)c2c1CCC2. The fourth-order valence-corrected chi connectivity index (χ4v) is 3.70. The van der Waals surface area contributed by atoms with E-state index in [1.165, 1.54) is 23.3 Å². The van der Waals surface area contributed by atoms with Gasteiger partial charge in [-0.25, -0.2) is 9.07 Å². The van der Waals surface area contributed by atoms with Crippen molar-refractivity contribution in [3.63, 3.8) is 0 Å². The van der Waals surface area contributed by atoms with Crippen molar-refractivity contribution in [2.24, 2.45) is 0 Å². The maximum absolute atomic E-state index is 13.2. The summed E-state index contributed by atoms with van der Waals surface area (Å²) in [5.41, 5.74) is 5.83. The zero-order valence-electron chi connectivity index (χ0n) is 15.3. The number of rotatable bonds is 5. The first-order chi connectivity index (χ1) is 13.1. The van der Waals surface area contributed by atoms with Crippen molar-refractivity contribution in [3.8, 4) is 5.69 Å². The van der Waals surface area contributed by atoms with Crippen molar-refractivity contribution in [1.82, 2.24) is 15.1 Å². The molecule has 0 atom stereocenters. The quantitative estimate of drug-likeness (QED) is 0.750. The first-order valence-corrected chi connectivity index (χ1v) is 9.33. The molecule has 1 heterocycles. The van der Waals surface area contributed by atoms with Gasteiger partial charge in [-0.15, -0.1) is 0 Å². The normalized spacial score (nSPS) is 12.8. The molecule has 138 valence electrons. The summed E-state index contributed by atoms with van der Waals surface area (Å²) in [7, 11) is 0. The molecule has 0 unspecified atom stereocenters. The van der Waals surface area contributed by atoms with Crippen molar-refractivity contribution in [1.29, 1.82) is 0 Å². The Balaban J connectivity index is 1.52. The summed E-state index contributed by atoms with van der Waals surface area (Å²) in [5.74, 6) is -0.417. The number of hydrogen-bond donors (Lipinski definition) is 1. The molecule has 0 radical (unpaired) electrons. The Morgan fingerprint density at radius 3 is 2.70 bits per heavy atom. The molecule has 1 amide bonds. The van der Waals surface area contributed by atoms with Gasteiger partial charge >= 0.3 is 0 Å². The highest BCUT2D eigenvalue weighted by atomic mass is 19.1. The van der Waals surface area contributed by atoms with Crippen LogP contribution >= 0.6 is 0 Å². The number of benzene rings is 2. The van der Waals surface area contributed by atoms with Crippen LogP contribution in [0.3, 0.4) is 0 Å². The molecule has 0 saturated carbocycles. The van der Waals surface area contributed by atoms with Crippen molar-refractivity contribution < 1.29 is 9.18 Å². The van der Waals surface area contributed by atoms with Crippen LogP contribution in [0.25, 0.3) is 5.69 Å². The molecule has 0 fully saturated rings. The highest BCUT2D eigenvalue weighted by Crippen LogP contribution is 2.27. The van der Waals surface area contributed by atoms with Gasteiger partial charge in [0.2, 0.25) is 0 Å². The second kappa shape index (κ2) is 7.35. The van der Waals surface area contributed by atoms with Crippen LogP contribution in [-0.2, 0) is 19.3 Å². The van der Waals surface area contributed by atoms with E-state index in [0.717, 1.165) is 42.6 Å². The molecule has 5 heteroatoms. The van der Waals surface area contributed by atoms with Gasteiger partial charge in [0, 0.05) is 17.8 Å². The van der Waals surface area contributed by atoms with Crippen LogP contribution in [0.1, 0.15) is 39.3 Å². The van der Waals surface area contributed by atoms with Gasteiger partial charge in [0.25, 0.3) is 5.91 Å². The lowest BCUT2D eigenvalue weighted by Crippen LogP contribution is -2.27. The predicted octanol–water partition coefficient (Wildman–Crippen LogP) is 3.78. The lowest BCUT2D eigenvalue weighted by molar-refractivity contribution is 0.0948. The van der Waals surface area contributed by atoms with E-state index < -0.39 is 0 Å². The Morgan fingerprint density at radius 1 is 1.15 bits per heavy atom. The van der Waals surface area contributed by atoms with Crippen LogP contribution in [0.4, 0.5) is 4.39 Å². The maximum atomic E-state index is 13.2. The van der Waals surface area contributed by atoms with Gasteiger partial charge in [0.15, 0.2) is 5.69 Å². The molecule has 3 aromatic rings. The highest BCUT2D eigenvalue weighted by molar-refractivity contribution is 5.94. The smallest absolute Gasteiger partial charge is 0.272 e. The molecule has 4 rings (SSSR count). The molecule has 1 aliphatic rings.